The average Bonchev–Trinajstić information content (AvgIpc) is 0.788. The normalized spacial score (nSPS) is 15.4. The van der Waals surface area contributed by atoms with Gasteiger partial charge in [-0.3, -0.25) is 43.2 Å². The molecule has 2 aromatic rings. The monoisotopic (exact) mass is 1350 g/mol. The van der Waals surface area contributed by atoms with E-state index < -0.39 is 71.6 Å². The van der Waals surface area contributed by atoms with Crippen LogP contribution in [0, 0.1) is 23.2 Å². The highest BCUT2D eigenvalue weighted by Crippen LogP contribution is 2.41. The van der Waals surface area contributed by atoms with Gasteiger partial charge in [0.15, 0.2) is 17.3 Å². The van der Waals surface area contributed by atoms with Crippen molar-refractivity contribution in [3.05, 3.63) is 47.5 Å². The summed E-state index contributed by atoms with van der Waals surface area (Å²) >= 11 is 5.20. The number of carbonyl (C=O) groups excluding carboxylic acids is 8. The Morgan fingerprint density at radius 1 is 0.674 bits per heavy atom. The van der Waals surface area contributed by atoms with Gasteiger partial charge in [-0.2, -0.15) is 5.26 Å². The number of unbranched alkanes of at least 4 members (excludes halogenated alkanes) is 12. The number of carboxylic acids is 2. The molecule has 0 saturated heterocycles. The van der Waals surface area contributed by atoms with Crippen LogP contribution < -0.4 is 48.4 Å². The number of likely N-dealkylation sites (N-methyl/N-ethyl adjacent to an activating group) is 1. The van der Waals surface area contributed by atoms with Gasteiger partial charge >= 0.3 is 11.9 Å². The minimum absolute atomic E-state index is 0.0315. The van der Waals surface area contributed by atoms with E-state index in [0.29, 0.717) is 72.3 Å². The summed E-state index contributed by atoms with van der Waals surface area (Å²) in [4.78, 5) is 125. The van der Waals surface area contributed by atoms with Gasteiger partial charge in [-0.1, -0.05) is 150 Å². The predicted molar refractivity (Wildman–Crippen MR) is 371 cm³/mol. The Hall–Kier alpha value is -6.84. The molecule has 13 N–H and O–H groups in total. The van der Waals surface area contributed by atoms with Crippen molar-refractivity contribution in [2.45, 2.75) is 258 Å². The number of nitrogens with zero attached hydrogens (tertiary/aromatic N) is 2. The van der Waals surface area contributed by atoms with Crippen LogP contribution in [0.3, 0.4) is 0 Å². The summed E-state index contributed by atoms with van der Waals surface area (Å²) in [5.41, 5.74) is 24.8. The topological polar surface area (TPSA) is 397 Å². The fourth-order valence-electron chi connectivity index (χ4n) is 10.6. The van der Waals surface area contributed by atoms with Crippen molar-refractivity contribution in [1.29, 1.82) is 5.26 Å². The number of ether oxygens (including phenoxy) is 2. The molecule has 0 fully saturated rings. The van der Waals surface area contributed by atoms with Gasteiger partial charge < -0.3 is 63.5 Å². The van der Waals surface area contributed by atoms with Crippen molar-refractivity contribution in [3.8, 4) is 28.7 Å². The average molecular weight is 1360 g/mol. The Bertz CT molecular complexity index is 2670. The summed E-state index contributed by atoms with van der Waals surface area (Å²) in [6, 6.07) is 7.97. The number of nitrogens with two attached hydrogens (primary N) is 4. The van der Waals surface area contributed by atoms with Gasteiger partial charge in [-0.25, -0.2) is 4.79 Å². The van der Waals surface area contributed by atoms with Gasteiger partial charge in [0.1, 0.15) is 42.8 Å². The number of carbonyl (C=O) groups is 10. The number of benzene rings is 2. The number of rotatable bonds is 42. The lowest BCUT2D eigenvalue weighted by Gasteiger charge is -2.32. The largest absolute Gasteiger partial charge is 0.492 e. The number of aliphatic carboxylic acids is 2. The van der Waals surface area contributed by atoms with Crippen LogP contribution in [-0.2, 0) is 54.4 Å². The van der Waals surface area contributed by atoms with E-state index in [9.17, 15) is 53.2 Å². The second-order valence-corrected chi connectivity index (χ2v) is 24.7. The summed E-state index contributed by atoms with van der Waals surface area (Å²) in [5, 5.41) is 34.2. The smallest absolute Gasteiger partial charge is 0.326 e. The summed E-state index contributed by atoms with van der Waals surface area (Å²) in [6.07, 6.45) is 21.1. The molecule has 536 valence electrons. The molecule has 24 heteroatoms. The third-order valence-electron chi connectivity index (χ3n) is 15.8. The van der Waals surface area contributed by atoms with Crippen molar-refractivity contribution >= 4 is 69.8 Å². The second kappa shape index (κ2) is 53.3. The van der Waals surface area contributed by atoms with Crippen LogP contribution in [0.5, 0.6) is 11.5 Å². The summed E-state index contributed by atoms with van der Waals surface area (Å²) < 4.78 is 12.1. The summed E-state index contributed by atoms with van der Waals surface area (Å²) in [5.74, 6) is -5.51. The molecule has 7 atom stereocenters. The van der Waals surface area contributed by atoms with E-state index in [2.05, 4.69) is 29.8 Å². The highest BCUT2D eigenvalue weighted by atomic mass is 35.5. The van der Waals surface area contributed by atoms with E-state index in [1.165, 1.54) is 83.1 Å². The predicted octanol–water partition coefficient (Wildman–Crippen LogP) is 9.85. The molecule has 4 amide bonds. The first kappa shape index (κ1) is 88.2. The molecular formula is C71H116ClN9O14. The van der Waals surface area contributed by atoms with Gasteiger partial charge in [-0.15, -0.1) is 0 Å². The van der Waals surface area contributed by atoms with Crippen molar-refractivity contribution in [2.24, 2.45) is 34.8 Å². The summed E-state index contributed by atoms with van der Waals surface area (Å²) in [7, 11) is 1.48. The number of nitriles is 1. The minimum Gasteiger partial charge on any atom is -0.492 e. The number of nitrogens with one attached hydrogen (secondary N) is 3. The van der Waals surface area contributed by atoms with Gasteiger partial charge in [0, 0.05) is 88.5 Å². The highest BCUT2D eigenvalue weighted by Gasteiger charge is 2.37. The van der Waals surface area contributed by atoms with E-state index in [0.717, 1.165) is 38.5 Å². The van der Waals surface area contributed by atoms with E-state index >= 15 is 0 Å². The van der Waals surface area contributed by atoms with E-state index in [4.69, 9.17) is 54.2 Å². The zero-order valence-electron chi connectivity index (χ0n) is 58.2. The van der Waals surface area contributed by atoms with Crippen LogP contribution in [0.25, 0.3) is 11.1 Å². The van der Waals surface area contributed by atoms with E-state index in [-0.39, 0.29) is 100.0 Å². The number of carboxylic acid groups (broad SMARTS) is 2. The molecule has 3 rings (SSSR count). The van der Waals surface area contributed by atoms with E-state index in [1.807, 2.05) is 32.9 Å². The molecule has 95 heavy (non-hydrogen) atoms. The van der Waals surface area contributed by atoms with Crippen LogP contribution in [0.2, 0.25) is 0 Å². The molecule has 4 bridgehead atoms. The number of amides is 4. The number of halogens is 1. The molecule has 0 unspecified atom stereocenters. The fraction of sp³-hybridized carbons (Fsp3) is 0.676. The highest BCUT2D eigenvalue weighted by molar-refractivity contribution is 6.63. The SMILES string of the molecule is CCCCCCCCCC(=O)Cl.CCCCCCCCCC(=O)N[C@@H](CCC)C(=O)O.CCC[C@H](N)C(=O)O.CCC[C@H](NC(C)=O)C(=O)C[C@@H](CCN)C(=O)N(C)[C@@H]1C(=O)C[C@@H](C)C(=O)N[C@H](C(=O)CCC#N)Cc2ccc(OCCN)c(c2)-c2cc1ccc2OCCN. The van der Waals surface area contributed by atoms with Crippen LogP contribution in [0.4, 0.5) is 0 Å². The molecule has 0 radical (unpaired) electrons. The lowest BCUT2D eigenvalue weighted by atomic mass is 9.88. The standard InChI is InChI=1S/C41H57N7O8.C15H29NO3.C10H19ClO.C5H11NO2/c1-5-7-32(46-26(3)49)35(51)24-29(13-15-43)41(54)48(4)39-28-10-12-38(56-19-17-45)31(23-28)30-21-27(9-11-37(30)55-18-16-44)22-33(34(50)8-6-14-42)47-40(53)25(2)20-36(39)52;1-3-5-6-7-8-9-10-12-14(17)16-13(11-4-2)15(18)19;1-2-3-4-5-6-7-8-9-10(11)12;1-2-3-4(6)5(7)8/h9-12,21,23,25,29,32-33,39H,5-8,13,15-20,22,24,43-45H2,1-4H3,(H,46,49)(H,47,53);13H,3-12H2,1-2H3,(H,16,17)(H,18,19);2-9H2,1H3;4H,2-3,6H2,1H3,(H,7,8)/t25-,29-,32+,33+,39+;13-;;4-/m10.0/s1. The Labute approximate surface area is 570 Å². The Morgan fingerprint density at radius 2 is 1.20 bits per heavy atom. The summed E-state index contributed by atoms with van der Waals surface area (Å²) in [6.45, 7) is 13.9. The van der Waals surface area contributed by atoms with Crippen LogP contribution in [-0.4, -0.2) is 137 Å². The fourth-order valence-corrected chi connectivity index (χ4v) is 10.7. The van der Waals surface area contributed by atoms with Crippen molar-refractivity contribution in [1.82, 2.24) is 20.9 Å². The van der Waals surface area contributed by atoms with Crippen LogP contribution >= 0.6 is 11.6 Å². The molecule has 2 aromatic carbocycles. The first-order valence-corrected chi connectivity index (χ1v) is 34.8. The van der Waals surface area contributed by atoms with Gasteiger partial charge in [0.05, 0.1) is 18.2 Å². The molecule has 1 aliphatic rings. The lowest BCUT2D eigenvalue weighted by Crippen LogP contribution is -2.46. The number of fused-ring (bicyclic) bond motifs is 5. The number of Topliss-reactive ketones (excluding diaryl/α,β-unsaturated/α-hetero) is 3. The quantitative estimate of drug-likeness (QED) is 0.0220. The molecule has 0 aromatic heterocycles. The Kier molecular flexibility index (Phi) is 49.5. The molecule has 0 spiro atoms. The maximum Gasteiger partial charge on any atom is 0.326 e. The van der Waals surface area contributed by atoms with Gasteiger partial charge in [-0.05, 0) is 98.5 Å². The molecule has 1 aliphatic heterocycles. The maximum absolute atomic E-state index is 14.5. The molecule has 23 nitrogen and oxygen atoms in total. The molecule has 0 aliphatic carbocycles. The molecule has 1 heterocycles. The van der Waals surface area contributed by atoms with Crippen LogP contribution in [0.1, 0.15) is 239 Å². The van der Waals surface area contributed by atoms with Gasteiger partial charge in [0.25, 0.3) is 0 Å². The van der Waals surface area contributed by atoms with E-state index in [1.54, 1.807) is 37.3 Å². The lowest BCUT2D eigenvalue weighted by molar-refractivity contribution is -0.144. The Morgan fingerprint density at radius 3 is 1.68 bits per heavy atom. The second-order valence-electron chi connectivity index (χ2n) is 24.2. The third-order valence-corrected chi connectivity index (χ3v) is 16.0. The zero-order chi connectivity index (χ0) is 71.7. The third kappa shape index (κ3) is 37.9. The number of hydrogen-bond acceptors (Lipinski definition) is 17. The first-order chi connectivity index (χ1) is 45.4. The number of ketones is 3. The van der Waals surface area contributed by atoms with Crippen molar-refractivity contribution in [3.63, 3.8) is 0 Å². The number of hydrogen-bond donors (Lipinski definition) is 9. The first-order valence-electron chi connectivity index (χ1n) is 34.5. The van der Waals surface area contributed by atoms with Gasteiger partial charge in [0.2, 0.25) is 28.9 Å². The zero-order valence-corrected chi connectivity index (χ0v) is 59.0. The Balaban J connectivity index is 0.00000182. The molecular weight excluding hydrogens is 1240 g/mol. The van der Waals surface area contributed by atoms with Crippen molar-refractivity contribution < 1.29 is 67.6 Å². The van der Waals surface area contributed by atoms with Crippen molar-refractivity contribution in [2.75, 3.05) is 39.9 Å². The minimum atomic E-state index is -1.23. The van der Waals surface area contributed by atoms with Crippen LogP contribution in [0.15, 0.2) is 36.4 Å². The molecule has 0 saturated carbocycles. The maximum atomic E-state index is 14.5.